The van der Waals surface area contributed by atoms with Gasteiger partial charge in [0.2, 0.25) is 0 Å². The first kappa shape index (κ1) is 18.9. The van der Waals surface area contributed by atoms with Gasteiger partial charge >= 0.3 is 51.4 Å². The third kappa shape index (κ3) is 9.23. The molecule has 0 aromatic carbocycles. The Labute approximate surface area is 135 Å². The van der Waals surface area contributed by atoms with Crippen LogP contribution in [0.4, 0.5) is 0 Å². The largest absolute Gasteiger partial charge is 1.00 e. The first-order valence-corrected chi connectivity index (χ1v) is 6.51. The molecular formula is C9H19KO4S. The molecule has 0 aromatic heterocycles. The van der Waals surface area contributed by atoms with Gasteiger partial charge in [0.05, 0.1) is 16.2 Å². The van der Waals surface area contributed by atoms with E-state index in [2.05, 4.69) is 0 Å². The van der Waals surface area contributed by atoms with Gasteiger partial charge in [0, 0.05) is 5.25 Å². The maximum absolute atomic E-state index is 10.8. The van der Waals surface area contributed by atoms with E-state index in [4.69, 9.17) is 0 Å². The summed E-state index contributed by atoms with van der Waals surface area (Å²) in [4.78, 5) is 0. The first-order chi connectivity index (χ1) is 6.41. The number of hydrogen-bond donors (Lipinski definition) is 1. The summed E-state index contributed by atoms with van der Waals surface area (Å²) in [6.07, 6.45) is 1.84. The Morgan fingerprint density at radius 1 is 1.20 bits per heavy atom. The van der Waals surface area contributed by atoms with Crippen molar-refractivity contribution >= 4 is 10.1 Å². The summed E-state index contributed by atoms with van der Waals surface area (Å²) in [5, 5.41) is 8.42. The molecule has 0 bridgehead atoms. The normalized spacial score (nSPS) is 15.5. The van der Waals surface area contributed by atoms with Crippen molar-refractivity contribution in [3.63, 3.8) is 0 Å². The van der Waals surface area contributed by atoms with Crippen molar-refractivity contribution in [3.05, 3.63) is 0 Å². The minimum atomic E-state index is -4.19. The molecule has 0 saturated carbocycles. The molecule has 15 heavy (non-hydrogen) atoms. The molecule has 1 N–H and O–H groups in total. The minimum absolute atomic E-state index is 0. The van der Waals surface area contributed by atoms with Crippen LogP contribution in [-0.4, -0.2) is 29.4 Å². The third-order valence-electron chi connectivity index (χ3n) is 2.31. The van der Waals surface area contributed by atoms with Gasteiger partial charge in [0.25, 0.3) is 0 Å². The molecule has 2 unspecified atom stereocenters. The number of rotatable bonds is 7. The predicted octanol–water partition coefficient (Wildman–Crippen LogP) is -1.74. The Bertz CT molecular complexity index is 240. The Hall–Kier alpha value is 1.51. The summed E-state index contributed by atoms with van der Waals surface area (Å²) >= 11 is 0. The quantitative estimate of drug-likeness (QED) is 0.436. The summed E-state index contributed by atoms with van der Waals surface area (Å²) in [6, 6.07) is 0. The summed E-state index contributed by atoms with van der Waals surface area (Å²) in [5.41, 5.74) is 0. The van der Waals surface area contributed by atoms with Gasteiger partial charge in [0.1, 0.15) is 0 Å². The van der Waals surface area contributed by atoms with Gasteiger partial charge in [-0.05, 0) is 25.7 Å². The maximum atomic E-state index is 10.8. The number of aliphatic hydroxyl groups excluding tert-OH is 1. The predicted molar refractivity (Wildman–Crippen MR) is 53.9 cm³/mol. The van der Waals surface area contributed by atoms with Crippen LogP contribution in [0.1, 0.15) is 46.0 Å². The van der Waals surface area contributed by atoms with E-state index >= 15 is 0 Å². The van der Waals surface area contributed by atoms with E-state index in [9.17, 15) is 18.1 Å². The van der Waals surface area contributed by atoms with E-state index < -0.39 is 21.5 Å². The molecule has 6 heteroatoms. The van der Waals surface area contributed by atoms with Crippen LogP contribution in [0.5, 0.6) is 0 Å². The molecule has 0 heterocycles. The summed E-state index contributed by atoms with van der Waals surface area (Å²) < 4.78 is 32.4. The molecule has 86 valence electrons. The fourth-order valence-electron chi connectivity index (χ4n) is 1.34. The smallest absolute Gasteiger partial charge is 0.748 e. The van der Waals surface area contributed by atoms with E-state index in [1.807, 2.05) is 13.8 Å². The standard InChI is InChI=1S/C9H20O4S.K/c1-3-5-9(14(11,12)13)7-6-8(10)4-2;/h8-10H,3-7H2,1-2H3,(H,11,12,13);/q;+1/p-1. The molecule has 0 radical (unpaired) electrons. The number of hydrogen-bond acceptors (Lipinski definition) is 4. The molecule has 0 aliphatic rings. The van der Waals surface area contributed by atoms with Crippen LogP contribution < -0.4 is 51.4 Å². The summed E-state index contributed by atoms with van der Waals surface area (Å²) in [5.74, 6) is 0. The SMILES string of the molecule is CCCC(CCC(O)CC)S(=O)(=O)[O-].[K+]. The van der Waals surface area contributed by atoms with E-state index in [0.29, 0.717) is 25.7 Å². The second-order valence-electron chi connectivity index (χ2n) is 3.54. The molecule has 0 aromatic rings. The van der Waals surface area contributed by atoms with Crippen LogP contribution >= 0.6 is 0 Å². The number of aliphatic hydroxyl groups is 1. The Kier molecular flexibility index (Phi) is 12.0. The topological polar surface area (TPSA) is 77.4 Å². The summed E-state index contributed by atoms with van der Waals surface area (Å²) in [7, 11) is -4.19. The van der Waals surface area contributed by atoms with Gasteiger partial charge in [-0.2, -0.15) is 0 Å². The average molecular weight is 262 g/mol. The van der Waals surface area contributed by atoms with Crippen molar-refractivity contribution in [2.24, 2.45) is 0 Å². The Balaban J connectivity index is 0. The van der Waals surface area contributed by atoms with Crippen LogP contribution in [0.3, 0.4) is 0 Å². The minimum Gasteiger partial charge on any atom is -0.748 e. The van der Waals surface area contributed by atoms with Crippen molar-refractivity contribution in [2.75, 3.05) is 0 Å². The van der Waals surface area contributed by atoms with E-state index in [0.717, 1.165) is 0 Å². The molecule has 0 aliphatic carbocycles. The van der Waals surface area contributed by atoms with Crippen molar-refractivity contribution in [1.82, 2.24) is 0 Å². The second-order valence-corrected chi connectivity index (χ2v) is 5.20. The van der Waals surface area contributed by atoms with Gasteiger partial charge in [0.15, 0.2) is 0 Å². The molecule has 2 atom stereocenters. The zero-order valence-corrected chi connectivity index (χ0v) is 13.7. The van der Waals surface area contributed by atoms with Crippen molar-refractivity contribution in [2.45, 2.75) is 57.3 Å². The first-order valence-electron chi connectivity index (χ1n) is 5.04. The summed E-state index contributed by atoms with van der Waals surface area (Å²) in [6.45, 7) is 3.67. The van der Waals surface area contributed by atoms with Crippen LogP contribution in [-0.2, 0) is 10.1 Å². The molecule has 4 nitrogen and oxygen atoms in total. The van der Waals surface area contributed by atoms with Crippen molar-refractivity contribution < 1.29 is 69.5 Å². The van der Waals surface area contributed by atoms with Crippen LogP contribution in [0.2, 0.25) is 0 Å². The van der Waals surface area contributed by atoms with Crippen molar-refractivity contribution in [3.8, 4) is 0 Å². The maximum Gasteiger partial charge on any atom is 1.00 e. The Morgan fingerprint density at radius 2 is 1.73 bits per heavy atom. The van der Waals surface area contributed by atoms with Crippen LogP contribution in [0.25, 0.3) is 0 Å². The molecule has 0 amide bonds. The molecule has 0 fully saturated rings. The third-order valence-corrected chi connectivity index (χ3v) is 3.60. The monoisotopic (exact) mass is 262 g/mol. The van der Waals surface area contributed by atoms with Crippen molar-refractivity contribution in [1.29, 1.82) is 0 Å². The average Bonchev–Trinajstić information content (AvgIpc) is 2.09. The van der Waals surface area contributed by atoms with Gasteiger partial charge in [-0.25, -0.2) is 8.42 Å². The molecule has 0 rings (SSSR count). The molecule has 0 saturated heterocycles. The molecular weight excluding hydrogens is 243 g/mol. The molecule has 0 aliphatic heterocycles. The fraction of sp³-hybridized carbons (Fsp3) is 1.00. The second kappa shape index (κ2) is 9.53. The van der Waals surface area contributed by atoms with E-state index in [1.165, 1.54) is 0 Å². The zero-order valence-electron chi connectivity index (χ0n) is 9.77. The zero-order chi connectivity index (χ0) is 11.2. The van der Waals surface area contributed by atoms with Gasteiger partial charge in [-0.3, -0.25) is 0 Å². The fourth-order valence-corrected chi connectivity index (χ4v) is 2.29. The Morgan fingerprint density at radius 3 is 2.07 bits per heavy atom. The van der Waals surface area contributed by atoms with Gasteiger partial charge in [-0.1, -0.05) is 20.3 Å². The van der Waals surface area contributed by atoms with Gasteiger partial charge < -0.3 is 9.66 Å². The van der Waals surface area contributed by atoms with Crippen LogP contribution in [0, 0.1) is 0 Å². The van der Waals surface area contributed by atoms with E-state index in [1.54, 1.807) is 0 Å². The van der Waals surface area contributed by atoms with Crippen LogP contribution in [0.15, 0.2) is 0 Å². The van der Waals surface area contributed by atoms with Gasteiger partial charge in [-0.15, -0.1) is 0 Å². The molecule has 0 spiro atoms. The van der Waals surface area contributed by atoms with E-state index in [-0.39, 0.29) is 57.8 Å².